The molecule has 15 nitrogen and oxygen atoms in total. The van der Waals surface area contributed by atoms with Gasteiger partial charge in [-0.1, -0.05) is 23.1 Å². The molecule has 1 fully saturated rings. The summed E-state index contributed by atoms with van der Waals surface area (Å²) in [6.45, 7) is 0. The molecule has 0 radical (unpaired) electrons. The first kappa shape index (κ1) is 25.8. The van der Waals surface area contributed by atoms with Gasteiger partial charge in [-0.15, -0.1) is 33.3 Å². The Morgan fingerprint density at radius 1 is 1.28 bits per heavy atom. The van der Waals surface area contributed by atoms with Gasteiger partial charge < -0.3 is 21.5 Å². The van der Waals surface area contributed by atoms with Gasteiger partial charge in [0, 0.05) is 16.9 Å². The number of nitrogen functional groups attached to an aromatic ring is 1. The van der Waals surface area contributed by atoms with E-state index in [0.717, 1.165) is 16.2 Å². The van der Waals surface area contributed by atoms with Crippen LogP contribution < -0.4 is 27.6 Å². The van der Waals surface area contributed by atoms with Gasteiger partial charge in [0.2, 0.25) is 5.91 Å². The van der Waals surface area contributed by atoms with E-state index in [4.69, 9.17) is 11.6 Å². The molecule has 2 aliphatic heterocycles. The highest BCUT2D eigenvalue weighted by Gasteiger charge is 2.54. The van der Waals surface area contributed by atoms with Crippen molar-refractivity contribution in [2.45, 2.75) is 21.8 Å². The normalized spacial score (nSPS) is 19.7. The number of β-lactam (4-membered cyclic amide) rings is 1. The third-order valence-electron chi connectivity index (χ3n) is 4.97. The van der Waals surface area contributed by atoms with Crippen molar-refractivity contribution in [3.63, 3.8) is 0 Å². The fourth-order valence-corrected chi connectivity index (χ4v) is 6.94. The first-order valence-electron chi connectivity index (χ1n) is 9.83. The number of amides is 4. The zero-order chi connectivity index (χ0) is 26.0. The molecule has 36 heavy (non-hydrogen) atoms. The minimum Gasteiger partial charge on any atom is -0.477 e. The number of carboxylic acids is 1. The molecule has 0 aromatic carbocycles. The minimum absolute atomic E-state index is 0.0511. The molecule has 0 saturated carbocycles. The molecule has 4 rings (SSSR count). The van der Waals surface area contributed by atoms with Crippen LogP contribution in [0.4, 0.5) is 5.13 Å². The van der Waals surface area contributed by atoms with E-state index in [2.05, 4.69) is 25.8 Å². The molecular weight excluding hydrogens is 555 g/mol. The molecule has 0 spiro atoms. The molecular formula is C17H17N9O6S4. The number of aromatic nitrogens is 3. The average molecular weight is 572 g/mol. The van der Waals surface area contributed by atoms with Crippen molar-refractivity contribution in [3.8, 4) is 0 Å². The number of anilines is 1. The third kappa shape index (κ3) is 5.14. The van der Waals surface area contributed by atoms with Gasteiger partial charge in [0.1, 0.15) is 22.6 Å². The van der Waals surface area contributed by atoms with Crippen molar-refractivity contribution in [1.29, 1.82) is 0 Å². The van der Waals surface area contributed by atoms with Crippen LogP contribution in [0.25, 0.3) is 0 Å². The Balaban J connectivity index is 1.49. The Morgan fingerprint density at radius 2 is 2.06 bits per heavy atom. The van der Waals surface area contributed by atoms with Crippen LogP contribution in [0.2, 0.25) is 0 Å². The van der Waals surface area contributed by atoms with Gasteiger partial charge in [0.15, 0.2) is 15.5 Å². The van der Waals surface area contributed by atoms with Crippen molar-refractivity contribution in [1.82, 2.24) is 36.1 Å². The number of nitrogens with one attached hydrogen (secondary N) is 3. The summed E-state index contributed by atoms with van der Waals surface area (Å²) < 4.78 is 0.665. The first-order valence-corrected chi connectivity index (χ1v) is 13.6. The molecule has 2 aromatic rings. The maximum absolute atomic E-state index is 13.0. The van der Waals surface area contributed by atoms with Gasteiger partial charge >= 0.3 is 17.8 Å². The third-order valence-corrected chi connectivity index (χ3v) is 8.95. The Bertz CT molecular complexity index is 1250. The van der Waals surface area contributed by atoms with Crippen LogP contribution in [-0.2, 0) is 24.0 Å². The van der Waals surface area contributed by atoms with E-state index in [1.54, 1.807) is 10.9 Å². The van der Waals surface area contributed by atoms with Gasteiger partial charge in [-0.25, -0.2) is 15.6 Å². The molecule has 8 N–H and O–H groups in total. The largest absolute Gasteiger partial charge is 0.477 e. The summed E-state index contributed by atoms with van der Waals surface area (Å²) in [5.74, 6) is 0.457. The second-order valence-corrected chi connectivity index (χ2v) is 11.2. The molecule has 3 atom stereocenters. The number of rotatable bonds is 8. The summed E-state index contributed by atoms with van der Waals surface area (Å²) >= 11 is 4.92. The van der Waals surface area contributed by atoms with E-state index in [-0.39, 0.29) is 16.5 Å². The van der Waals surface area contributed by atoms with Crippen LogP contribution in [-0.4, -0.2) is 77.7 Å². The smallest absolute Gasteiger partial charge is 0.352 e. The summed E-state index contributed by atoms with van der Waals surface area (Å²) in [5, 5.41) is 23.0. The summed E-state index contributed by atoms with van der Waals surface area (Å²) in [6.07, 6.45) is 0. The Kier molecular flexibility index (Phi) is 7.73. The van der Waals surface area contributed by atoms with E-state index < -0.39 is 47.1 Å². The second kappa shape index (κ2) is 10.8. The highest BCUT2D eigenvalue weighted by atomic mass is 32.2. The average Bonchev–Trinajstić information content (AvgIpc) is 3.54. The maximum atomic E-state index is 13.0. The summed E-state index contributed by atoms with van der Waals surface area (Å²) in [7, 11) is 0. The fraction of sp³-hybridized carbons (Fsp3) is 0.294. The Morgan fingerprint density at radius 3 is 2.67 bits per heavy atom. The minimum atomic E-state index is -1.45. The zero-order valence-electron chi connectivity index (χ0n) is 17.9. The molecule has 2 aromatic heterocycles. The number of carbonyl (C=O) groups is 5. The van der Waals surface area contributed by atoms with Crippen molar-refractivity contribution >= 4 is 80.9 Å². The van der Waals surface area contributed by atoms with E-state index in [0.29, 0.717) is 21.4 Å². The van der Waals surface area contributed by atoms with E-state index >= 15 is 0 Å². The predicted molar refractivity (Wildman–Crippen MR) is 130 cm³/mol. The number of nitrogens with zero attached hydrogens (tertiary/aromatic N) is 4. The number of nitrogens with two attached hydrogens (primary N) is 2. The van der Waals surface area contributed by atoms with Gasteiger partial charge in [-0.05, 0) is 5.57 Å². The second-order valence-electron chi connectivity index (χ2n) is 7.14. The van der Waals surface area contributed by atoms with Crippen LogP contribution >= 0.6 is 46.2 Å². The molecule has 2 unspecified atom stereocenters. The van der Waals surface area contributed by atoms with Crippen LogP contribution in [0.5, 0.6) is 0 Å². The molecule has 0 aliphatic carbocycles. The quantitative estimate of drug-likeness (QED) is 0.0516. The van der Waals surface area contributed by atoms with E-state index in [1.165, 1.54) is 40.2 Å². The van der Waals surface area contributed by atoms with E-state index in [9.17, 15) is 29.1 Å². The lowest BCUT2D eigenvalue weighted by Crippen LogP contribution is -2.71. The first-order chi connectivity index (χ1) is 17.2. The lowest BCUT2D eigenvalue weighted by Gasteiger charge is -2.49. The zero-order valence-corrected chi connectivity index (χ0v) is 21.1. The fourth-order valence-electron chi connectivity index (χ4n) is 3.37. The number of hydrazine groups is 1. The van der Waals surface area contributed by atoms with Gasteiger partial charge in [-0.2, -0.15) is 0 Å². The number of carboxylic acid groups (broad SMARTS) is 1. The Hall–Kier alpha value is -3.26. The van der Waals surface area contributed by atoms with Crippen molar-refractivity contribution < 1.29 is 29.1 Å². The maximum Gasteiger partial charge on any atom is 0.352 e. The monoisotopic (exact) mass is 571 g/mol. The van der Waals surface area contributed by atoms with Crippen molar-refractivity contribution in [3.05, 3.63) is 27.9 Å². The van der Waals surface area contributed by atoms with Crippen LogP contribution in [0.3, 0.4) is 0 Å². The van der Waals surface area contributed by atoms with Gasteiger partial charge in [-0.3, -0.25) is 29.5 Å². The standard InChI is InChI=1S/C17H17N9O6S4/c18-16-21-6(3-34-16)7(22-11(28)12(29)24-19)10(27)23-8-13(30)26-9(15(31)32)5(1-33-14(8)26)2-35-17-25-20-4-36-17/h3-4,7-8,14H,1-2,19H2,(H2,18,21)(H,22,28)(H,23,27)(H,24,29)(H,31,32)/t7?,8?,14-/m1/s1. The van der Waals surface area contributed by atoms with Crippen molar-refractivity contribution in [2.24, 2.45) is 5.84 Å². The van der Waals surface area contributed by atoms with Crippen LogP contribution in [0.1, 0.15) is 11.7 Å². The highest BCUT2D eigenvalue weighted by Crippen LogP contribution is 2.41. The van der Waals surface area contributed by atoms with Crippen LogP contribution in [0.15, 0.2) is 26.5 Å². The summed E-state index contributed by atoms with van der Waals surface area (Å²) in [4.78, 5) is 66.7. The van der Waals surface area contributed by atoms with E-state index in [1.807, 2.05) is 0 Å². The molecule has 4 heterocycles. The molecule has 1 saturated heterocycles. The summed E-state index contributed by atoms with van der Waals surface area (Å²) in [5.41, 5.74) is 9.29. The number of fused-ring (bicyclic) bond motifs is 1. The number of thioether (sulfide) groups is 2. The SMILES string of the molecule is NNC(=O)C(=O)NC(C(=O)NC1C(=O)N2C(C(=O)O)=C(CSc3nncs3)CS[C@H]12)c1csc(N)n1. The number of thiazole rings is 1. The molecule has 0 bridgehead atoms. The molecule has 2 aliphatic rings. The van der Waals surface area contributed by atoms with Gasteiger partial charge in [0.05, 0.1) is 5.69 Å². The molecule has 190 valence electrons. The lowest BCUT2D eigenvalue weighted by molar-refractivity contribution is -0.151. The predicted octanol–water partition coefficient (Wildman–Crippen LogP) is -1.75. The van der Waals surface area contributed by atoms with Gasteiger partial charge in [0.25, 0.3) is 5.91 Å². The highest BCUT2D eigenvalue weighted by molar-refractivity contribution is 8.01. The number of hydrogen-bond donors (Lipinski definition) is 6. The molecule has 4 amide bonds. The number of hydrogen-bond acceptors (Lipinski definition) is 14. The molecule has 19 heteroatoms. The van der Waals surface area contributed by atoms with Crippen LogP contribution in [0, 0.1) is 0 Å². The Labute approximate surface area is 218 Å². The number of aliphatic carboxylic acids is 1. The lowest BCUT2D eigenvalue weighted by atomic mass is 10.0. The number of carbonyl (C=O) groups excluding carboxylic acids is 4. The topological polar surface area (TPSA) is 236 Å². The summed E-state index contributed by atoms with van der Waals surface area (Å²) in [6, 6.07) is -2.51. The van der Waals surface area contributed by atoms with Crippen molar-refractivity contribution in [2.75, 3.05) is 17.2 Å².